The topological polar surface area (TPSA) is 37.8 Å². The lowest BCUT2D eigenvalue weighted by molar-refractivity contribution is 1.05. The average Bonchev–Trinajstić information content (AvgIpc) is 2.63. The maximum absolute atomic E-state index is 3.96. The van der Waals surface area contributed by atoms with Crippen molar-refractivity contribution in [2.75, 3.05) is 5.32 Å². The van der Waals surface area contributed by atoms with Gasteiger partial charge in [0.05, 0.1) is 17.1 Å². The monoisotopic (exact) mass is 205 g/mol. The third kappa shape index (κ3) is 2.09. The number of nitrogens with zero attached hydrogens (tertiary/aromatic N) is 2. The first-order valence-electron chi connectivity index (χ1n) is 4.43. The lowest BCUT2D eigenvalue weighted by Gasteiger charge is -2.03. The Balaban J connectivity index is 1.99. The number of aryl methyl sites for hydroxylation is 1. The predicted octanol–water partition coefficient (Wildman–Crippen LogP) is 2.46. The van der Waals surface area contributed by atoms with E-state index >= 15 is 0 Å². The molecule has 14 heavy (non-hydrogen) atoms. The molecule has 2 aromatic rings. The number of benzene rings is 1. The minimum absolute atomic E-state index is 0.799. The Bertz CT molecular complexity index is 397. The van der Waals surface area contributed by atoms with E-state index in [1.54, 1.807) is 0 Å². The van der Waals surface area contributed by atoms with Gasteiger partial charge in [0.2, 0.25) is 0 Å². The highest BCUT2D eigenvalue weighted by Gasteiger charge is 2.01. The highest BCUT2D eigenvalue weighted by molar-refractivity contribution is 7.05. The zero-order valence-corrected chi connectivity index (χ0v) is 8.71. The second-order valence-electron chi connectivity index (χ2n) is 3.00. The number of rotatable bonds is 3. The van der Waals surface area contributed by atoms with Gasteiger partial charge >= 0.3 is 0 Å². The van der Waals surface area contributed by atoms with Gasteiger partial charge in [0.1, 0.15) is 0 Å². The standard InChI is InChI=1S/C10H11N3S/c1-8-10(14-13-12-8)7-11-9-5-3-2-4-6-9/h2-6,11H,7H2,1H3. The minimum atomic E-state index is 0.799. The van der Waals surface area contributed by atoms with Crippen LogP contribution in [0.4, 0.5) is 5.69 Å². The van der Waals surface area contributed by atoms with Crippen LogP contribution < -0.4 is 5.32 Å². The van der Waals surface area contributed by atoms with E-state index in [0.717, 1.165) is 17.9 Å². The third-order valence-corrected chi connectivity index (χ3v) is 2.80. The molecule has 0 aliphatic carbocycles. The molecule has 0 bridgehead atoms. The quantitative estimate of drug-likeness (QED) is 0.836. The van der Waals surface area contributed by atoms with Crippen molar-refractivity contribution in [3.05, 3.63) is 40.9 Å². The van der Waals surface area contributed by atoms with Crippen LogP contribution in [0.3, 0.4) is 0 Å². The second-order valence-corrected chi connectivity index (χ2v) is 3.84. The van der Waals surface area contributed by atoms with Crippen LogP contribution in [0.15, 0.2) is 30.3 Å². The Morgan fingerprint density at radius 1 is 1.29 bits per heavy atom. The Labute approximate surface area is 87.0 Å². The van der Waals surface area contributed by atoms with Crippen molar-refractivity contribution < 1.29 is 0 Å². The van der Waals surface area contributed by atoms with Crippen LogP contribution >= 0.6 is 11.5 Å². The lowest BCUT2D eigenvalue weighted by Crippen LogP contribution is -1.98. The predicted molar refractivity (Wildman–Crippen MR) is 58.4 cm³/mol. The summed E-state index contributed by atoms with van der Waals surface area (Å²) in [6, 6.07) is 10.1. The fourth-order valence-corrected chi connectivity index (χ4v) is 1.72. The van der Waals surface area contributed by atoms with Gasteiger partial charge in [-0.25, -0.2) is 0 Å². The van der Waals surface area contributed by atoms with Crippen molar-refractivity contribution >= 4 is 17.2 Å². The molecule has 4 heteroatoms. The molecule has 0 aliphatic heterocycles. The smallest absolute Gasteiger partial charge is 0.0774 e. The Hall–Kier alpha value is -1.42. The van der Waals surface area contributed by atoms with Crippen molar-refractivity contribution in [2.24, 2.45) is 0 Å². The van der Waals surface area contributed by atoms with Crippen LogP contribution in [0.25, 0.3) is 0 Å². The average molecular weight is 205 g/mol. The largest absolute Gasteiger partial charge is 0.380 e. The summed E-state index contributed by atoms with van der Waals surface area (Å²) in [4.78, 5) is 1.19. The molecule has 2 rings (SSSR count). The zero-order valence-electron chi connectivity index (χ0n) is 7.90. The summed E-state index contributed by atoms with van der Waals surface area (Å²) in [5, 5.41) is 7.28. The van der Waals surface area contributed by atoms with Crippen LogP contribution in [-0.4, -0.2) is 9.59 Å². The molecule has 1 aromatic heterocycles. The molecule has 3 nitrogen and oxygen atoms in total. The van der Waals surface area contributed by atoms with E-state index < -0.39 is 0 Å². The van der Waals surface area contributed by atoms with Gasteiger partial charge < -0.3 is 5.32 Å². The van der Waals surface area contributed by atoms with Crippen molar-refractivity contribution in [3.8, 4) is 0 Å². The molecule has 0 spiro atoms. The van der Waals surface area contributed by atoms with Gasteiger partial charge in [-0.1, -0.05) is 22.7 Å². The summed E-state index contributed by atoms with van der Waals surface area (Å²) >= 11 is 1.45. The Morgan fingerprint density at radius 2 is 2.07 bits per heavy atom. The highest BCUT2D eigenvalue weighted by Crippen LogP contribution is 2.12. The maximum Gasteiger partial charge on any atom is 0.0774 e. The number of hydrogen-bond acceptors (Lipinski definition) is 4. The van der Waals surface area contributed by atoms with Crippen molar-refractivity contribution in [1.29, 1.82) is 0 Å². The van der Waals surface area contributed by atoms with Gasteiger partial charge in [0, 0.05) is 5.69 Å². The van der Waals surface area contributed by atoms with Crippen LogP contribution in [-0.2, 0) is 6.54 Å². The molecule has 0 radical (unpaired) electrons. The molecule has 1 N–H and O–H groups in total. The maximum atomic E-state index is 3.96. The third-order valence-electron chi connectivity index (χ3n) is 1.97. The fraction of sp³-hybridized carbons (Fsp3) is 0.200. The molecular formula is C10H11N3S. The van der Waals surface area contributed by atoms with E-state index in [-0.39, 0.29) is 0 Å². The first-order valence-corrected chi connectivity index (χ1v) is 5.20. The molecule has 0 unspecified atom stereocenters. The first kappa shape index (κ1) is 9.15. The van der Waals surface area contributed by atoms with Crippen molar-refractivity contribution in [3.63, 3.8) is 0 Å². The molecular weight excluding hydrogens is 194 g/mol. The lowest BCUT2D eigenvalue weighted by atomic mass is 10.3. The van der Waals surface area contributed by atoms with Gasteiger partial charge in [0.25, 0.3) is 0 Å². The van der Waals surface area contributed by atoms with Gasteiger partial charge in [-0.15, -0.1) is 5.10 Å². The molecule has 1 heterocycles. The van der Waals surface area contributed by atoms with Crippen molar-refractivity contribution in [1.82, 2.24) is 9.59 Å². The van der Waals surface area contributed by atoms with Crippen LogP contribution in [0, 0.1) is 6.92 Å². The number of hydrogen-bond donors (Lipinski definition) is 1. The Kier molecular flexibility index (Phi) is 2.74. The summed E-state index contributed by atoms with van der Waals surface area (Å²) in [7, 11) is 0. The highest BCUT2D eigenvalue weighted by atomic mass is 32.1. The fourth-order valence-electron chi connectivity index (χ4n) is 1.15. The van der Waals surface area contributed by atoms with Crippen LogP contribution in [0.2, 0.25) is 0 Å². The summed E-state index contributed by atoms with van der Waals surface area (Å²) in [5.74, 6) is 0. The zero-order chi connectivity index (χ0) is 9.80. The molecule has 0 amide bonds. The molecule has 0 fully saturated rings. The number of nitrogens with one attached hydrogen (secondary N) is 1. The summed E-state index contributed by atoms with van der Waals surface area (Å²) in [6.07, 6.45) is 0. The van der Waals surface area contributed by atoms with E-state index in [1.165, 1.54) is 16.4 Å². The molecule has 72 valence electrons. The summed E-state index contributed by atoms with van der Waals surface area (Å²) in [6.45, 7) is 2.78. The number of para-hydroxylation sites is 1. The Morgan fingerprint density at radius 3 is 2.71 bits per heavy atom. The van der Waals surface area contributed by atoms with E-state index in [2.05, 4.69) is 14.9 Å². The molecule has 0 saturated carbocycles. The van der Waals surface area contributed by atoms with E-state index in [0.29, 0.717) is 0 Å². The molecule has 0 atom stereocenters. The molecule has 0 aliphatic rings. The van der Waals surface area contributed by atoms with Gasteiger partial charge in [0.15, 0.2) is 0 Å². The van der Waals surface area contributed by atoms with Crippen molar-refractivity contribution in [2.45, 2.75) is 13.5 Å². The second kappa shape index (κ2) is 4.19. The molecule has 1 aromatic carbocycles. The SMILES string of the molecule is Cc1nnsc1CNc1ccccc1. The van der Waals surface area contributed by atoms with Crippen LogP contribution in [0.1, 0.15) is 10.6 Å². The van der Waals surface area contributed by atoms with Crippen LogP contribution in [0.5, 0.6) is 0 Å². The van der Waals surface area contributed by atoms with E-state index in [9.17, 15) is 0 Å². The number of aromatic nitrogens is 2. The minimum Gasteiger partial charge on any atom is -0.380 e. The van der Waals surface area contributed by atoms with E-state index in [1.807, 2.05) is 37.3 Å². The molecule has 0 saturated heterocycles. The summed E-state index contributed by atoms with van der Waals surface area (Å²) in [5.41, 5.74) is 2.14. The summed E-state index contributed by atoms with van der Waals surface area (Å²) < 4.78 is 3.89. The van der Waals surface area contributed by atoms with Gasteiger partial charge in [-0.2, -0.15) is 0 Å². The van der Waals surface area contributed by atoms with Gasteiger partial charge in [-0.3, -0.25) is 0 Å². The van der Waals surface area contributed by atoms with Gasteiger partial charge in [-0.05, 0) is 30.6 Å². The first-order chi connectivity index (χ1) is 6.86. The normalized spacial score (nSPS) is 10.1. The van der Waals surface area contributed by atoms with E-state index in [4.69, 9.17) is 0 Å². The number of anilines is 1.